The van der Waals surface area contributed by atoms with Gasteiger partial charge in [0.05, 0.1) is 0 Å². The van der Waals surface area contributed by atoms with Gasteiger partial charge in [-0.05, 0) is 24.1 Å². The number of nitrogens with one attached hydrogen (secondary N) is 2. The Balaban J connectivity index is 1.93. The largest absolute Gasteiger partial charge is 0.354 e. The van der Waals surface area contributed by atoms with Gasteiger partial charge in [-0.15, -0.1) is 0 Å². The van der Waals surface area contributed by atoms with E-state index < -0.39 is 6.04 Å². The van der Waals surface area contributed by atoms with Crippen molar-refractivity contribution in [2.45, 2.75) is 12.5 Å². The number of amides is 2. The molecule has 0 aromatic heterocycles. The highest BCUT2D eigenvalue weighted by atomic mass is 19.1. The van der Waals surface area contributed by atoms with E-state index in [1.54, 1.807) is 42.5 Å². The molecule has 2 amide bonds. The Morgan fingerprint density at radius 1 is 1.09 bits per heavy atom. The molecule has 22 heavy (non-hydrogen) atoms. The van der Waals surface area contributed by atoms with Crippen molar-refractivity contribution in [1.29, 1.82) is 0 Å². The first kappa shape index (κ1) is 14.3. The number of hydrogen-bond acceptors (Lipinski definition) is 2. The number of halogens is 1. The maximum absolute atomic E-state index is 14.0. The van der Waals surface area contributed by atoms with Gasteiger partial charge in [-0.25, -0.2) is 4.39 Å². The molecule has 3 rings (SSSR count). The van der Waals surface area contributed by atoms with Crippen LogP contribution in [0, 0.1) is 5.82 Å². The minimum absolute atomic E-state index is 0.184. The molecule has 2 aromatic carbocycles. The van der Waals surface area contributed by atoms with Gasteiger partial charge >= 0.3 is 0 Å². The molecule has 4 nitrogen and oxygen atoms in total. The third kappa shape index (κ3) is 2.70. The average Bonchev–Trinajstić information content (AvgIpc) is 2.93. The van der Waals surface area contributed by atoms with E-state index in [1.807, 2.05) is 0 Å². The molecule has 0 bridgehead atoms. The van der Waals surface area contributed by atoms with Crippen LogP contribution in [0.3, 0.4) is 0 Å². The van der Waals surface area contributed by atoms with Gasteiger partial charge in [-0.1, -0.05) is 36.4 Å². The normalized spacial score (nSPS) is 17.1. The SMILES string of the molecule is O=C(N[C@H]1CCNC1=O)c1ccccc1-c1ccccc1F. The third-order valence-corrected chi connectivity index (χ3v) is 3.69. The Bertz CT molecular complexity index is 730. The van der Waals surface area contributed by atoms with Crippen molar-refractivity contribution in [3.05, 3.63) is 59.9 Å². The van der Waals surface area contributed by atoms with E-state index in [-0.39, 0.29) is 17.6 Å². The Labute approximate surface area is 127 Å². The molecule has 112 valence electrons. The molecule has 1 aliphatic heterocycles. The summed E-state index contributed by atoms with van der Waals surface area (Å²) in [5.41, 5.74) is 1.23. The third-order valence-electron chi connectivity index (χ3n) is 3.69. The predicted octanol–water partition coefficient (Wildman–Crippen LogP) is 2.11. The van der Waals surface area contributed by atoms with Crippen LogP contribution in [0.1, 0.15) is 16.8 Å². The zero-order valence-corrected chi connectivity index (χ0v) is 11.8. The second kappa shape index (κ2) is 5.97. The zero-order chi connectivity index (χ0) is 15.5. The van der Waals surface area contributed by atoms with E-state index >= 15 is 0 Å². The fourth-order valence-electron chi connectivity index (χ4n) is 2.56. The van der Waals surface area contributed by atoms with Gasteiger partial charge in [0.2, 0.25) is 5.91 Å². The molecule has 0 unspecified atom stereocenters. The monoisotopic (exact) mass is 298 g/mol. The summed E-state index contributed by atoms with van der Waals surface area (Å²) in [5.74, 6) is -0.945. The molecule has 5 heteroatoms. The van der Waals surface area contributed by atoms with Crippen molar-refractivity contribution < 1.29 is 14.0 Å². The fraction of sp³-hybridized carbons (Fsp3) is 0.176. The average molecular weight is 298 g/mol. The Hall–Kier alpha value is -2.69. The standard InChI is InChI=1S/C17H15FN2O2/c18-14-8-4-3-6-12(14)11-5-1-2-7-13(11)16(21)20-15-9-10-19-17(15)22/h1-8,15H,9-10H2,(H,19,22)(H,20,21)/t15-/m0/s1. The second-order valence-electron chi connectivity index (χ2n) is 5.13. The van der Waals surface area contributed by atoms with Crippen LogP contribution in [0.25, 0.3) is 11.1 Å². The minimum Gasteiger partial charge on any atom is -0.354 e. The fourth-order valence-corrected chi connectivity index (χ4v) is 2.56. The highest BCUT2D eigenvalue weighted by Gasteiger charge is 2.26. The number of hydrogen-bond donors (Lipinski definition) is 2. The first-order chi connectivity index (χ1) is 10.7. The van der Waals surface area contributed by atoms with Crippen LogP contribution in [-0.2, 0) is 4.79 Å². The molecule has 1 fully saturated rings. The van der Waals surface area contributed by atoms with E-state index in [1.165, 1.54) is 6.07 Å². The van der Waals surface area contributed by atoms with Crippen LogP contribution in [0.4, 0.5) is 4.39 Å². The molecule has 0 saturated carbocycles. The molecule has 0 aliphatic carbocycles. The summed E-state index contributed by atoms with van der Waals surface area (Å²) in [4.78, 5) is 24.0. The molecule has 0 radical (unpaired) electrons. The lowest BCUT2D eigenvalue weighted by Crippen LogP contribution is -2.40. The van der Waals surface area contributed by atoms with E-state index in [0.717, 1.165) is 0 Å². The summed E-state index contributed by atoms with van der Waals surface area (Å²) in [6, 6.07) is 12.6. The molecular formula is C17H15FN2O2. The van der Waals surface area contributed by atoms with Crippen LogP contribution in [0.15, 0.2) is 48.5 Å². The van der Waals surface area contributed by atoms with Gasteiger partial charge in [0.15, 0.2) is 0 Å². The minimum atomic E-state index is -0.527. The second-order valence-corrected chi connectivity index (χ2v) is 5.13. The lowest BCUT2D eigenvalue weighted by atomic mass is 9.98. The van der Waals surface area contributed by atoms with Crippen LogP contribution < -0.4 is 10.6 Å². The van der Waals surface area contributed by atoms with Gasteiger partial charge in [-0.2, -0.15) is 0 Å². The van der Waals surface area contributed by atoms with Gasteiger partial charge in [-0.3, -0.25) is 9.59 Å². The zero-order valence-electron chi connectivity index (χ0n) is 11.8. The van der Waals surface area contributed by atoms with Gasteiger partial charge in [0.25, 0.3) is 5.91 Å². The summed E-state index contributed by atoms with van der Waals surface area (Å²) < 4.78 is 14.0. The van der Waals surface area contributed by atoms with Gasteiger partial charge < -0.3 is 10.6 Å². The van der Waals surface area contributed by atoms with E-state index in [0.29, 0.717) is 29.7 Å². The van der Waals surface area contributed by atoms with Gasteiger partial charge in [0.1, 0.15) is 11.9 Å². The molecule has 1 aliphatic rings. The number of benzene rings is 2. The van der Waals surface area contributed by atoms with Crippen LogP contribution in [0.2, 0.25) is 0 Å². The summed E-state index contributed by atoms with van der Waals surface area (Å²) in [6.07, 6.45) is 0.562. The summed E-state index contributed by atoms with van der Waals surface area (Å²) in [5, 5.41) is 5.37. The van der Waals surface area contributed by atoms with E-state index in [4.69, 9.17) is 0 Å². The highest BCUT2D eigenvalue weighted by Crippen LogP contribution is 2.26. The van der Waals surface area contributed by atoms with Crippen molar-refractivity contribution in [1.82, 2.24) is 10.6 Å². The Kier molecular flexibility index (Phi) is 3.87. The lowest BCUT2D eigenvalue weighted by molar-refractivity contribution is -0.120. The maximum atomic E-state index is 14.0. The smallest absolute Gasteiger partial charge is 0.252 e. The molecule has 1 heterocycles. The van der Waals surface area contributed by atoms with Crippen LogP contribution >= 0.6 is 0 Å². The van der Waals surface area contributed by atoms with Crippen molar-refractivity contribution in [2.75, 3.05) is 6.54 Å². The van der Waals surface area contributed by atoms with Crippen molar-refractivity contribution in [3.8, 4) is 11.1 Å². The maximum Gasteiger partial charge on any atom is 0.252 e. The number of rotatable bonds is 3. The quantitative estimate of drug-likeness (QED) is 0.912. The lowest BCUT2D eigenvalue weighted by Gasteiger charge is -2.13. The topological polar surface area (TPSA) is 58.2 Å². The first-order valence-corrected chi connectivity index (χ1v) is 7.09. The van der Waals surface area contributed by atoms with Crippen molar-refractivity contribution in [3.63, 3.8) is 0 Å². The Morgan fingerprint density at radius 3 is 2.45 bits per heavy atom. The molecule has 2 aromatic rings. The van der Waals surface area contributed by atoms with Gasteiger partial charge in [0, 0.05) is 17.7 Å². The number of carbonyl (C=O) groups is 2. The summed E-state index contributed by atoms with van der Waals surface area (Å²) in [6.45, 7) is 0.554. The van der Waals surface area contributed by atoms with Crippen molar-refractivity contribution >= 4 is 11.8 Å². The summed E-state index contributed by atoms with van der Waals surface area (Å²) in [7, 11) is 0. The van der Waals surface area contributed by atoms with E-state index in [9.17, 15) is 14.0 Å². The molecule has 0 spiro atoms. The number of carbonyl (C=O) groups excluding carboxylic acids is 2. The van der Waals surface area contributed by atoms with E-state index in [2.05, 4.69) is 10.6 Å². The highest BCUT2D eigenvalue weighted by molar-refractivity contribution is 6.03. The summed E-state index contributed by atoms with van der Waals surface area (Å²) >= 11 is 0. The van der Waals surface area contributed by atoms with Crippen LogP contribution in [0.5, 0.6) is 0 Å². The molecule has 2 N–H and O–H groups in total. The molecule has 1 saturated heterocycles. The Morgan fingerprint density at radius 2 is 1.77 bits per heavy atom. The first-order valence-electron chi connectivity index (χ1n) is 7.09. The van der Waals surface area contributed by atoms with Crippen molar-refractivity contribution in [2.24, 2.45) is 0 Å². The molecule has 1 atom stereocenters. The molecular weight excluding hydrogens is 283 g/mol. The predicted molar refractivity (Wildman–Crippen MR) is 80.7 cm³/mol. The van der Waals surface area contributed by atoms with Crippen LogP contribution in [-0.4, -0.2) is 24.4 Å².